The van der Waals surface area contributed by atoms with E-state index in [1.54, 1.807) is 25.1 Å². The van der Waals surface area contributed by atoms with Crippen LogP contribution in [0, 0.1) is 0 Å². The first kappa shape index (κ1) is 21.5. The Hall–Kier alpha value is -4.34. The highest BCUT2D eigenvalue weighted by atomic mass is 16.7. The molecular weight excluding hydrogens is 440 g/mol. The third-order valence-corrected chi connectivity index (χ3v) is 5.99. The number of rotatable bonds is 5. The molecule has 0 bridgehead atoms. The van der Waals surface area contributed by atoms with Gasteiger partial charge in [-0.15, -0.1) is 0 Å². The first-order valence-corrected chi connectivity index (χ1v) is 10.6. The lowest BCUT2D eigenvalue weighted by Gasteiger charge is -2.43. The number of hydrogen-bond acceptors (Lipinski definition) is 7. The number of nitrogens with one attached hydrogen (secondary N) is 1. The van der Waals surface area contributed by atoms with Crippen LogP contribution in [0.4, 0.5) is 5.69 Å². The number of fused-ring (bicyclic) bond motifs is 2. The van der Waals surface area contributed by atoms with Crippen LogP contribution in [0.3, 0.4) is 0 Å². The molecule has 0 unspecified atom stereocenters. The third kappa shape index (κ3) is 3.43. The number of anilines is 1. The van der Waals surface area contributed by atoms with Gasteiger partial charge in [0.15, 0.2) is 17.2 Å². The fourth-order valence-corrected chi connectivity index (χ4v) is 4.27. The number of methoxy groups -OCH3 is 1. The Morgan fingerprint density at radius 1 is 1.15 bits per heavy atom. The van der Waals surface area contributed by atoms with E-state index in [4.69, 9.17) is 14.2 Å². The van der Waals surface area contributed by atoms with Crippen molar-refractivity contribution in [3.8, 4) is 11.5 Å². The topological polar surface area (TPSA) is 112 Å². The number of nitrogens with zero attached hydrogens (tertiary/aromatic N) is 3. The highest BCUT2D eigenvalue weighted by molar-refractivity contribution is 6.15. The van der Waals surface area contributed by atoms with Crippen molar-refractivity contribution in [2.24, 2.45) is 0 Å². The standard InChI is InChI=1S/C24H22N4O6/c1-24(23(31)25-11-15-6-4-3-5-7-15)12-27-13-26-19(22(30)32-2)20(27)21(29)28(24)16-8-9-17-18(10-16)34-14-33-17/h3-10,13H,11-12,14H2,1-2H3,(H,25,31)/t24-/m1/s1. The van der Waals surface area contributed by atoms with Crippen molar-refractivity contribution in [2.45, 2.75) is 25.6 Å². The van der Waals surface area contributed by atoms with E-state index in [1.165, 1.54) is 22.9 Å². The number of benzene rings is 2. The molecule has 3 aromatic rings. The largest absolute Gasteiger partial charge is 0.464 e. The predicted octanol–water partition coefficient (Wildman–Crippen LogP) is 2.13. The van der Waals surface area contributed by atoms with Gasteiger partial charge in [0, 0.05) is 18.3 Å². The van der Waals surface area contributed by atoms with Gasteiger partial charge in [-0.25, -0.2) is 9.78 Å². The molecule has 2 aliphatic rings. The van der Waals surface area contributed by atoms with Crippen molar-refractivity contribution in [3.63, 3.8) is 0 Å². The van der Waals surface area contributed by atoms with Gasteiger partial charge in [-0.1, -0.05) is 30.3 Å². The van der Waals surface area contributed by atoms with Crippen molar-refractivity contribution >= 4 is 23.5 Å². The van der Waals surface area contributed by atoms with E-state index in [0.29, 0.717) is 23.7 Å². The molecule has 0 radical (unpaired) electrons. The Morgan fingerprint density at radius 3 is 2.68 bits per heavy atom. The van der Waals surface area contributed by atoms with Crippen molar-refractivity contribution in [1.29, 1.82) is 0 Å². The zero-order chi connectivity index (χ0) is 23.9. The molecule has 0 saturated heterocycles. The first-order chi connectivity index (χ1) is 16.4. The van der Waals surface area contributed by atoms with Gasteiger partial charge < -0.3 is 24.1 Å². The third-order valence-electron chi connectivity index (χ3n) is 5.99. The molecule has 174 valence electrons. The number of imidazole rings is 1. The maximum atomic E-state index is 13.8. The fourth-order valence-electron chi connectivity index (χ4n) is 4.27. The van der Waals surface area contributed by atoms with Gasteiger partial charge in [-0.2, -0.15) is 0 Å². The van der Waals surface area contributed by atoms with Gasteiger partial charge >= 0.3 is 5.97 Å². The molecule has 1 aromatic heterocycles. The van der Waals surface area contributed by atoms with Crippen molar-refractivity contribution in [1.82, 2.24) is 14.9 Å². The van der Waals surface area contributed by atoms with Crippen LogP contribution in [0.25, 0.3) is 0 Å². The molecule has 0 aliphatic carbocycles. The summed E-state index contributed by atoms with van der Waals surface area (Å²) in [4.78, 5) is 45.1. The molecule has 5 rings (SSSR count). The van der Waals surface area contributed by atoms with E-state index < -0.39 is 17.4 Å². The molecule has 1 N–H and O–H groups in total. The summed E-state index contributed by atoms with van der Waals surface area (Å²) in [5.41, 5.74) is -0.0362. The molecule has 0 spiro atoms. The average molecular weight is 462 g/mol. The second-order valence-electron chi connectivity index (χ2n) is 8.18. The number of esters is 1. The number of amides is 2. The van der Waals surface area contributed by atoms with Crippen molar-refractivity contribution < 1.29 is 28.6 Å². The summed E-state index contributed by atoms with van der Waals surface area (Å²) in [5, 5.41) is 2.94. The molecule has 10 nitrogen and oxygen atoms in total. The van der Waals surface area contributed by atoms with Crippen LogP contribution >= 0.6 is 0 Å². The summed E-state index contributed by atoms with van der Waals surface area (Å²) >= 11 is 0. The predicted molar refractivity (Wildman–Crippen MR) is 120 cm³/mol. The average Bonchev–Trinajstić information content (AvgIpc) is 3.49. The lowest BCUT2D eigenvalue weighted by molar-refractivity contribution is -0.126. The monoisotopic (exact) mass is 462 g/mol. The summed E-state index contributed by atoms with van der Waals surface area (Å²) in [6, 6.07) is 14.5. The Kier molecular flexibility index (Phi) is 5.20. The summed E-state index contributed by atoms with van der Waals surface area (Å²) in [6.45, 7) is 2.12. The maximum absolute atomic E-state index is 13.8. The summed E-state index contributed by atoms with van der Waals surface area (Å²) in [5.74, 6) is -0.639. The van der Waals surface area contributed by atoms with Crippen molar-refractivity contribution in [2.75, 3.05) is 18.8 Å². The smallest absolute Gasteiger partial charge is 0.359 e. The Bertz CT molecular complexity index is 1290. The highest BCUT2D eigenvalue weighted by Gasteiger charge is 2.50. The molecular formula is C24H22N4O6. The summed E-state index contributed by atoms with van der Waals surface area (Å²) in [6.07, 6.45) is 1.37. The van der Waals surface area contributed by atoms with Gasteiger partial charge in [-0.3, -0.25) is 14.5 Å². The highest BCUT2D eigenvalue weighted by Crippen LogP contribution is 2.40. The van der Waals surface area contributed by atoms with Gasteiger partial charge in [0.05, 0.1) is 20.0 Å². The Balaban J connectivity index is 1.56. The molecule has 2 aromatic carbocycles. The van der Waals surface area contributed by atoms with Crippen LogP contribution in [0.5, 0.6) is 11.5 Å². The van der Waals surface area contributed by atoms with Crippen LogP contribution in [0.1, 0.15) is 33.5 Å². The van der Waals surface area contributed by atoms with Crippen LogP contribution in [0.15, 0.2) is 54.9 Å². The zero-order valence-corrected chi connectivity index (χ0v) is 18.6. The van der Waals surface area contributed by atoms with Gasteiger partial charge in [0.25, 0.3) is 5.91 Å². The molecule has 0 fully saturated rings. The van der Waals surface area contributed by atoms with E-state index in [0.717, 1.165) is 5.56 Å². The number of hydrogen-bond donors (Lipinski definition) is 1. The zero-order valence-electron chi connectivity index (χ0n) is 18.6. The van der Waals surface area contributed by atoms with Gasteiger partial charge in [0.1, 0.15) is 11.2 Å². The minimum Gasteiger partial charge on any atom is -0.464 e. The van der Waals surface area contributed by atoms with E-state index in [9.17, 15) is 14.4 Å². The molecule has 3 heterocycles. The van der Waals surface area contributed by atoms with Crippen molar-refractivity contribution in [3.05, 3.63) is 71.8 Å². The number of carbonyl (C=O) groups excluding carboxylic acids is 3. The maximum Gasteiger partial charge on any atom is 0.359 e. The van der Waals surface area contributed by atoms with E-state index in [-0.39, 0.29) is 30.6 Å². The van der Waals surface area contributed by atoms with Gasteiger partial charge in [-0.05, 0) is 24.6 Å². The summed E-state index contributed by atoms with van der Waals surface area (Å²) in [7, 11) is 1.22. The molecule has 0 saturated carbocycles. The molecule has 10 heteroatoms. The SMILES string of the molecule is COC(=O)c1ncn2c1C(=O)N(c1ccc3c(c1)OCO3)[C@@](C)(C(=O)NCc1ccccc1)C2. The number of carbonyl (C=O) groups is 3. The fraction of sp³-hybridized carbons (Fsp3) is 0.250. The Labute approximate surface area is 195 Å². The van der Waals surface area contributed by atoms with Crippen LogP contribution in [0.2, 0.25) is 0 Å². The molecule has 34 heavy (non-hydrogen) atoms. The first-order valence-electron chi connectivity index (χ1n) is 10.6. The number of aromatic nitrogens is 2. The van der Waals surface area contributed by atoms with E-state index >= 15 is 0 Å². The second-order valence-corrected chi connectivity index (χ2v) is 8.18. The van der Waals surface area contributed by atoms with Crippen LogP contribution < -0.4 is 19.7 Å². The minimum absolute atomic E-state index is 0.0536. The normalized spacial score (nSPS) is 18.4. The lowest BCUT2D eigenvalue weighted by Crippen LogP contribution is -2.64. The van der Waals surface area contributed by atoms with Crippen LogP contribution in [-0.4, -0.2) is 46.8 Å². The van der Waals surface area contributed by atoms with Crippen LogP contribution in [-0.2, 0) is 22.6 Å². The molecule has 1 atom stereocenters. The van der Waals surface area contributed by atoms with E-state index in [2.05, 4.69) is 10.3 Å². The quantitative estimate of drug-likeness (QED) is 0.578. The number of ether oxygens (including phenoxy) is 3. The lowest BCUT2D eigenvalue weighted by atomic mass is 9.93. The molecule has 2 amide bonds. The second kappa shape index (κ2) is 8.22. The van der Waals surface area contributed by atoms with Gasteiger partial charge in [0.2, 0.25) is 12.7 Å². The summed E-state index contributed by atoms with van der Waals surface area (Å²) < 4.78 is 17.2. The van der Waals surface area contributed by atoms with E-state index in [1.807, 2.05) is 30.3 Å². The molecule has 2 aliphatic heterocycles. The Morgan fingerprint density at radius 2 is 1.91 bits per heavy atom. The minimum atomic E-state index is -1.33.